The number of ether oxygens (including phenoxy) is 1. The van der Waals surface area contributed by atoms with E-state index >= 15 is 0 Å². The van der Waals surface area contributed by atoms with Crippen molar-refractivity contribution in [3.8, 4) is 5.75 Å². The van der Waals surface area contributed by atoms with Gasteiger partial charge in [0, 0.05) is 22.6 Å². The van der Waals surface area contributed by atoms with Crippen molar-refractivity contribution in [3.63, 3.8) is 0 Å². The summed E-state index contributed by atoms with van der Waals surface area (Å²) in [5.41, 5.74) is 0.685. The predicted molar refractivity (Wildman–Crippen MR) is 56.9 cm³/mol. The van der Waals surface area contributed by atoms with Crippen LogP contribution < -0.4 is 4.74 Å². The molecule has 14 heavy (non-hydrogen) atoms. The van der Waals surface area contributed by atoms with E-state index in [0.717, 1.165) is 0 Å². The Morgan fingerprint density at radius 1 is 1.50 bits per heavy atom. The van der Waals surface area contributed by atoms with Gasteiger partial charge in [0.05, 0.1) is 19.0 Å². The molecule has 1 aromatic rings. The van der Waals surface area contributed by atoms with E-state index in [9.17, 15) is 9.32 Å². The molecule has 78 valence electrons. The van der Waals surface area contributed by atoms with Crippen LogP contribution in [-0.4, -0.2) is 28.4 Å². The Hall–Kier alpha value is -0.870. The quantitative estimate of drug-likeness (QED) is 0.816. The van der Waals surface area contributed by atoms with Crippen molar-refractivity contribution < 1.29 is 14.1 Å². The Labute approximate surface area is 86.2 Å². The van der Waals surface area contributed by atoms with Crippen molar-refractivity contribution in [2.45, 2.75) is 6.10 Å². The minimum absolute atomic E-state index is 0.236. The van der Waals surface area contributed by atoms with Crippen LogP contribution in [0.4, 0.5) is 0 Å². The number of para-hydroxylation sites is 1. The second kappa shape index (κ2) is 5.12. The van der Waals surface area contributed by atoms with Gasteiger partial charge in [0.25, 0.3) is 0 Å². The van der Waals surface area contributed by atoms with Gasteiger partial charge in [-0.25, -0.2) is 0 Å². The van der Waals surface area contributed by atoms with Crippen molar-refractivity contribution in [3.05, 3.63) is 29.8 Å². The SMILES string of the molecule is COc1ccccc1C(O)CS(C)=O. The first kappa shape index (κ1) is 11.2. The molecule has 0 saturated carbocycles. The summed E-state index contributed by atoms with van der Waals surface area (Å²) in [6, 6.07) is 7.20. The lowest BCUT2D eigenvalue weighted by Crippen LogP contribution is -2.08. The maximum atomic E-state index is 10.9. The van der Waals surface area contributed by atoms with Gasteiger partial charge in [0.1, 0.15) is 5.75 Å². The zero-order valence-electron chi connectivity index (χ0n) is 8.27. The molecular weight excluding hydrogens is 200 g/mol. The summed E-state index contributed by atoms with van der Waals surface area (Å²) < 4.78 is 16.0. The number of rotatable bonds is 4. The molecule has 3 nitrogen and oxygen atoms in total. The van der Waals surface area contributed by atoms with Gasteiger partial charge in [-0.15, -0.1) is 0 Å². The number of hydrogen-bond acceptors (Lipinski definition) is 3. The van der Waals surface area contributed by atoms with Gasteiger partial charge in [0.2, 0.25) is 0 Å². The van der Waals surface area contributed by atoms with Crippen LogP contribution in [-0.2, 0) is 10.8 Å². The summed E-state index contributed by atoms with van der Waals surface area (Å²) in [7, 11) is 0.538. The van der Waals surface area contributed by atoms with Crippen LogP contribution in [0.25, 0.3) is 0 Å². The summed E-state index contributed by atoms with van der Waals surface area (Å²) >= 11 is 0. The highest BCUT2D eigenvalue weighted by atomic mass is 32.2. The molecule has 4 heteroatoms. The summed E-state index contributed by atoms with van der Waals surface area (Å²) in [5.74, 6) is 0.867. The number of aliphatic hydroxyl groups excluding tert-OH is 1. The summed E-state index contributed by atoms with van der Waals surface area (Å²) in [5, 5.41) is 9.73. The van der Waals surface area contributed by atoms with Gasteiger partial charge >= 0.3 is 0 Å². The van der Waals surface area contributed by atoms with E-state index in [1.807, 2.05) is 12.1 Å². The number of methoxy groups -OCH3 is 1. The second-order valence-electron chi connectivity index (χ2n) is 3.00. The van der Waals surface area contributed by atoms with Crippen LogP contribution in [0.3, 0.4) is 0 Å². The predicted octanol–water partition coefficient (Wildman–Crippen LogP) is 1.11. The third kappa shape index (κ3) is 2.82. The fraction of sp³-hybridized carbons (Fsp3) is 0.400. The van der Waals surface area contributed by atoms with E-state index < -0.39 is 16.9 Å². The highest BCUT2D eigenvalue weighted by Gasteiger charge is 2.13. The molecule has 2 unspecified atom stereocenters. The van der Waals surface area contributed by atoms with Crippen molar-refractivity contribution in [2.24, 2.45) is 0 Å². The molecule has 0 aliphatic rings. The first-order chi connectivity index (χ1) is 6.65. The van der Waals surface area contributed by atoms with E-state index in [0.29, 0.717) is 11.3 Å². The molecule has 0 aliphatic carbocycles. The Balaban J connectivity index is 2.87. The zero-order valence-corrected chi connectivity index (χ0v) is 9.08. The van der Waals surface area contributed by atoms with E-state index in [2.05, 4.69) is 0 Å². The lowest BCUT2D eigenvalue weighted by molar-refractivity contribution is 0.198. The van der Waals surface area contributed by atoms with Crippen molar-refractivity contribution in [2.75, 3.05) is 19.1 Å². The molecule has 0 aromatic heterocycles. The van der Waals surface area contributed by atoms with Gasteiger partial charge in [-0.1, -0.05) is 18.2 Å². The Morgan fingerprint density at radius 3 is 2.71 bits per heavy atom. The molecule has 0 fully saturated rings. The molecule has 0 bridgehead atoms. The number of aliphatic hydroxyl groups is 1. The molecule has 1 rings (SSSR count). The van der Waals surface area contributed by atoms with Gasteiger partial charge in [-0.05, 0) is 6.07 Å². The number of hydrogen-bond donors (Lipinski definition) is 1. The van der Waals surface area contributed by atoms with Gasteiger partial charge in [-0.3, -0.25) is 4.21 Å². The van der Waals surface area contributed by atoms with E-state index in [-0.39, 0.29) is 5.75 Å². The first-order valence-corrected chi connectivity index (χ1v) is 5.99. The van der Waals surface area contributed by atoms with Crippen LogP contribution in [0.5, 0.6) is 5.75 Å². The summed E-state index contributed by atoms with van der Waals surface area (Å²) in [6.07, 6.45) is 0.843. The molecule has 0 radical (unpaired) electrons. The van der Waals surface area contributed by atoms with Crippen molar-refractivity contribution in [1.82, 2.24) is 0 Å². The fourth-order valence-electron chi connectivity index (χ4n) is 1.25. The van der Waals surface area contributed by atoms with E-state index in [4.69, 9.17) is 4.74 Å². The van der Waals surface area contributed by atoms with Crippen LogP contribution in [0.1, 0.15) is 11.7 Å². The average Bonchev–Trinajstić information content (AvgIpc) is 2.16. The molecule has 1 aromatic carbocycles. The minimum Gasteiger partial charge on any atom is -0.496 e. The van der Waals surface area contributed by atoms with Crippen LogP contribution in [0.2, 0.25) is 0 Å². The monoisotopic (exact) mass is 214 g/mol. The molecule has 0 saturated heterocycles. The maximum absolute atomic E-state index is 10.9. The largest absolute Gasteiger partial charge is 0.496 e. The summed E-state index contributed by atoms with van der Waals surface area (Å²) in [6.45, 7) is 0. The van der Waals surface area contributed by atoms with Crippen molar-refractivity contribution >= 4 is 10.8 Å². The fourth-order valence-corrected chi connectivity index (χ4v) is 1.88. The minimum atomic E-state index is -1.01. The maximum Gasteiger partial charge on any atom is 0.124 e. The molecule has 0 heterocycles. The second-order valence-corrected chi connectivity index (χ2v) is 4.48. The van der Waals surface area contributed by atoms with Gasteiger partial charge < -0.3 is 9.84 Å². The standard InChI is InChI=1S/C10H14O3S/c1-13-10-6-4-3-5-8(10)9(11)7-14(2)12/h3-6,9,11H,7H2,1-2H3. The average molecular weight is 214 g/mol. The molecule has 1 N–H and O–H groups in total. The van der Waals surface area contributed by atoms with Crippen LogP contribution in [0.15, 0.2) is 24.3 Å². The van der Waals surface area contributed by atoms with Crippen LogP contribution >= 0.6 is 0 Å². The number of benzene rings is 1. The van der Waals surface area contributed by atoms with E-state index in [1.165, 1.54) is 0 Å². The highest BCUT2D eigenvalue weighted by Crippen LogP contribution is 2.24. The van der Waals surface area contributed by atoms with Gasteiger partial charge in [0.15, 0.2) is 0 Å². The van der Waals surface area contributed by atoms with Gasteiger partial charge in [-0.2, -0.15) is 0 Å². The molecule has 0 spiro atoms. The highest BCUT2D eigenvalue weighted by molar-refractivity contribution is 7.84. The molecule has 0 amide bonds. The van der Waals surface area contributed by atoms with Crippen LogP contribution in [0, 0.1) is 0 Å². The molecule has 2 atom stereocenters. The Kier molecular flexibility index (Phi) is 4.10. The van der Waals surface area contributed by atoms with E-state index in [1.54, 1.807) is 25.5 Å². The zero-order chi connectivity index (χ0) is 10.6. The Bertz CT molecular complexity index is 325. The smallest absolute Gasteiger partial charge is 0.124 e. The lowest BCUT2D eigenvalue weighted by atomic mass is 10.1. The molecule has 0 aliphatic heterocycles. The third-order valence-electron chi connectivity index (χ3n) is 1.89. The Morgan fingerprint density at radius 2 is 2.14 bits per heavy atom. The topological polar surface area (TPSA) is 46.5 Å². The summed E-state index contributed by atoms with van der Waals surface area (Å²) in [4.78, 5) is 0. The molecular formula is C10H14O3S. The normalized spacial score (nSPS) is 14.8. The van der Waals surface area contributed by atoms with Crippen molar-refractivity contribution in [1.29, 1.82) is 0 Å². The third-order valence-corrected chi connectivity index (χ3v) is 2.68. The lowest BCUT2D eigenvalue weighted by Gasteiger charge is -2.12. The first-order valence-electron chi connectivity index (χ1n) is 4.26.